The van der Waals surface area contributed by atoms with Crippen LogP contribution in [0.25, 0.3) is 0 Å². The van der Waals surface area contributed by atoms with E-state index in [1.165, 1.54) is 0 Å². The van der Waals surface area contributed by atoms with E-state index in [9.17, 15) is 14.4 Å². The van der Waals surface area contributed by atoms with Crippen LogP contribution in [0.2, 0.25) is 0 Å². The first-order valence-corrected chi connectivity index (χ1v) is 10.6. The lowest BCUT2D eigenvalue weighted by Crippen LogP contribution is -2.50. The number of rotatable bonds is 6. The van der Waals surface area contributed by atoms with E-state index in [1.54, 1.807) is 24.3 Å². The summed E-state index contributed by atoms with van der Waals surface area (Å²) in [5.41, 5.74) is 3.58. The van der Waals surface area contributed by atoms with Crippen molar-refractivity contribution in [2.24, 2.45) is 5.92 Å². The summed E-state index contributed by atoms with van der Waals surface area (Å²) >= 11 is 0. The van der Waals surface area contributed by atoms with Crippen molar-refractivity contribution < 1.29 is 14.4 Å². The second-order valence-corrected chi connectivity index (χ2v) is 8.82. The van der Waals surface area contributed by atoms with Gasteiger partial charge in [-0.15, -0.1) is 0 Å². The summed E-state index contributed by atoms with van der Waals surface area (Å²) in [7, 11) is 0. The highest BCUT2D eigenvalue weighted by molar-refractivity contribution is 6.23. The second kappa shape index (κ2) is 8.42. The summed E-state index contributed by atoms with van der Waals surface area (Å²) < 4.78 is 0. The molecule has 3 amide bonds. The van der Waals surface area contributed by atoms with Crippen LogP contribution in [0.15, 0.2) is 42.5 Å². The standard InChI is InChI=1S/C25H30N2O3/c1-14(2)17-12-9-13-18(15(3)4)21(17)26-23(28)22(16(5)6)27-24(29)19-10-7-8-11-20(19)25(27)30/h7-16,22H,1-6H3,(H,26,28)/t22-/m0/s1. The van der Waals surface area contributed by atoms with E-state index in [4.69, 9.17) is 0 Å². The number of amides is 3. The smallest absolute Gasteiger partial charge is 0.262 e. The van der Waals surface area contributed by atoms with Crippen LogP contribution in [-0.2, 0) is 4.79 Å². The van der Waals surface area contributed by atoms with Gasteiger partial charge in [-0.25, -0.2) is 0 Å². The molecule has 5 heteroatoms. The van der Waals surface area contributed by atoms with E-state index >= 15 is 0 Å². The van der Waals surface area contributed by atoms with E-state index < -0.39 is 17.9 Å². The van der Waals surface area contributed by atoms with Gasteiger partial charge in [-0.05, 0) is 41.0 Å². The monoisotopic (exact) mass is 406 g/mol. The quantitative estimate of drug-likeness (QED) is 0.671. The molecule has 1 N–H and O–H groups in total. The lowest BCUT2D eigenvalue weighted by molar-refractivity contribution is -0.121. The maximum Gasteiger partial charge on any atom is 0.262 e. The first-order valence-electron chi connectivity index (χ1n) is 10.6. The summed E-state index contributed by atoms with van der Waals surface area (Å²) in [4.78, 5) is 40.6. The SMILES string of the molecule is CC(C)c1cccc(C(C)C)c1NC(=O)[C@H](C(C)C)N1C(=O)c2ccccc2C1=O. The van der Waals surface area contributed by atoms with Crippen molar-refractivity contribution in [3.05, 3.63) is 64.7 Å². The summed E-state index contributed by atoms with van der Waals surface area (Å²) in [6, 6.07) is 11.9. The first-order chi connectivity index (χ1) is 14.1. The lowest BCUT2D eigenvalue weighted by atomic mass is 9.92. The minimum Gasteiger partial charge on any atom is -0.324 e. The van der Waals surface area contributed by atoms with Gasteiger partial charge in [0.2, 0.25) is 5.91 Å². The number of benzene rings is 2. The molecule has 0 fully saturated rings. The van der Waals surface area contributed by atoms with Crippen molar-refractivity contribution in [3.8, 4) is 0 Å². The third-order valence-electron chi connectivity index (χ3n) is 5.62. The molecule has 0 radical (unpaired) electrons. The Kier molecular flexibility index (Phi) is 6.11. The minimum atomic E-state index is -0.891. The Labute approximate surface area is 178 Å². The second-order valence-electron chi connectivity index (χ2n) is 8.82. The van der Waals surface area contributed by atoms with Gasteiger partial charge in [0.1, 0.15) is 6.04 Å². The number of hydrogen-bond donors (Lipinski definition) is 1. The van der Waals surface area contributed by atoms with Gasteiger partial charge in [0.05, 0.1) is 11.1 Å². The van der Waals surface area contributed by atoms with Crippen molar-refractivity contribution in [2.45, 2.75) is 59.4 Å². The fraction of sp³-hybridized carbons (Fsp3) is 0.400. The number of carbonyl (C=O) groups is 3. The Bertz CT molecular complexity index is 930. The van der Waals surface area contributed by atoms with E-state index in [0.717, 1.165) is 21.7 Å². The highest BCUT2D eigenvalue weighted by Gasteiger charge is 2.44. The van der Waals surface area contributed by atoms with Crippen molar-refractivity contribution in [2.75, 3.05) is 5.32 Å². The molecular weight excluding hydrogens is 376 g/mol. The zero-order valence-corrected chi connectivity index (χ0v) is 18.5. The van der Waals surface area contributed by atoms with Gasteiger partial charge in [0, 0.05) is 5.69 Å². The summed E-state index contributed by atoms with van der Waals surface area (Å²) in [6.07, 6.45) is 0. The molecule has 1 aliphatic rings. The van der Waals surface area contributed by atoms with Crippen molar-refractivity contribution in [1.29, 1.82) is 0 Å². The molecule has 0 saturated carbocycles. The molecule has 1 heterocycles. The predicted molar refractivity (Wildman–Crippen MR) is 119 cm³/mol. The lowest BCUT2D eigenvalue weighted by Gasteiger charge is -2.30. The Morgan fingerprint density at radius 1 is 0.767 bits per heavy atom. The topological polar surface area (TPSA) is 66.5 Å². The highest BCUT2D eigenvalue weighted by atomic mass is 16.2. The molecule has 0 bridgehead atoms. The van der Waals surface area contributed by atoms with E-state index in [-0.39, 0.29) is 23.7 Å². The van der Waals surface area contributed by atoms with Crippen LogP contribution in [0.3, 0.4) is 0 Å². The molecule has 5 nitrogen and oxygen atoms in total. The van der Waals surface area contributed by atoms with Gasteiger partial charge in [0.15, 0.2) is 0 Å². The van der Waals surface area contributed by atoms with Crippen molar-refractivity contribution in [3.63, 3.8) is 0 Å². The molecule has 0 saturated heterocycles. The number of fused-ring (bicyclic) bond motifs is 1. The molecule has 0 unspecified atom stereocenters. The third-order valence-corrected chi connectivity index (χ3v) is 5.62. The van der Waals surface area contributed by atoms with Crippen LogP contribution >= 0.6 is 0 Å². The number of nitrogens with zero attached hydrogens (tertiary/aromatic N) is 1. The first kappa shape index (κ1) is 21.8. The average Bonchev–Trinajstić information content (AvgIpc) is 2.93. The Morgan fingerprint density at radius 3 is 1.63 bits per heavy atom. The predicted octanol–water partition coefficient (Wildman–Crippen LogP) is 5.19. The van der Waals surface area contributed by atoms with Gasteiger partial charge in [-0.1, -0.05) is 71.9 Å². The summed E-state index contributed by atoms with van der Waals surface area (Å²) in [6.45, 7) is 12.0. The number of para-hydroxylation sites is 1. The molecule has 0 aliphatic carbocycles. The van der Waals surface area contributed by atoms with Gasteiger partial charge in [0.25, 0.3) is 11.8 Å². The van der Waals surface area contributed by atoms with Gasteiger partial charge >= 0.3 is 0 Å². The van der Waals surface area contributed by atoms with E-state index in [2.05, 4.69) is 33.0 Å². The molecule has 3 rings (SSSR count). The maximum absolute atomic E-state index is 13.5. The van der Waals surface area contributed by atoms with Crippen molar-refractivity contribution in [1.82, 2.24) is 4.90 Å². The minimum absolute atomic E-state index is 0.218. The number of imide groups is 1. The van der Waals surface area contributed by atoms with Gasteiger partial charge in [-0.3, -0.25) is 19.3 Å². The molecule has 2 aromatic rings. The van der Waals surface area contributed by atoms with E-state index in [1.807, 2.05) is 32.0 Å². The Balaban J connectivity index is 2.00. The zero-order valence-electron chi connectivity index (χ0n) is 18.5. The highest BCUT2D eigenvalue weighted by Crippen LogP contribution is 2.34. The van der Waals surface area contributed by atoms with Crippen LogP contribution in [0.4, 0.5) is 5.69 Å². The maximum atomic E-state index is 13.5. The summed E-state index contributed by atoms with van der Waals surface area (Å²) in [5.74, 6) is -0.960. The molecule has 30 heavy (non-hydrogen) atoms. The largest absolute Gasteiger partial charge is 0.324 e. The number of nitrogens with one attached hydrogen (secondary N) is 1. The van der Waals surface area contributed by atoms with Gasteiger partial charge < -0.3 is 5.32 Å². The number of anilines is 1. The van der Waals surface area contributed by atoms with Crippen LogP contribution in [0.5, 0.6) is 0 Å². The zero-order chi connectivity index (χ0) is 22.2. The fourth-order valence-electron chi connectivity index (χ4n) is 4.07. The van der Waals surface area contributed by atoms with Crippen LogP contribution in [0, 0.1) is 5.92 Å². The fourth-order valence-corrected chi connectivity index (χ4v) is 4.07. The molecule has 1 atom stereocenters. The average molecular weight is 407 g/mol. The summed E-state index contributed by atoms with van der Waals surface area (Å²) in [5, 5.41) is 3.08. The molecular formula is C25H30N2O3. The molecule has 158 valence electrons. The Morgan fingerprint density at radius 2 is 1.23 bits per heavy atom. The molecule has 0 spiro atoms. The van der Waals surface area contributed by atoms with Crippen LogP contribution in [0.1, 0.15) is 85.2 Å². The third kappa shape index (κ3) is 3.76. The van der Waals surface area contributed by atoms with Crippen molar-refractivity contribution >= 4 is 23.4 Å². The van der Waals surface area contributed by atoms with Gasteiger partial charge in [-0.2, -0.15) is 0 Å². The van der Waals surface area contributed by atoms with Crippen LogP contribution in [-0.4, -0.2) is 28.7 Å². The Hall–Kier alpha value is -2.95. The van der Waals surface area contributed by atoms with Crippen LogP contribution < -0.4 is 5.32 Å². The molecule has 0 aromatic heterocycles. The number of carbonyl (C=O) groups excluding carboxylic acids is 3. The molecule has 1 aliphatic heterocycles. The van der Waals surface area contributed by atoms with E-state index in [0.29, 0.717) is 11.1 Å². The normalized spacial score (nSPS) is 14.6. The molecule has 2 aromatic carbocycles. The number of hydrogen-bond acceptors (Lipinski definition) is 3.